The van der Waals surface area contributed by atoms with Crippen molar-refractivity contribution in [3.05, 3.63) is 59.7 Å². The molecule has 0 bridgehead atoms. The summed E-state index contributed by atoms with van der Waals surface area (Å²) in [6.07, 6.45) is -0.185. The summed E-state index contributed by atoms with van der Waals surface area (Å²) in [7, 11) is -3.40. The molecule has 0 unspecified atom stereocenters. The molecule has 0 heterocycles. The van der Waals surface area contributed by atoms with Gasteiger partial charge in [-0.3, -0.25) is 4.79 Å². The molecule has 2 aromatic rings. The summed E-state index contributed by atoms with van der Waals surface area (Å²) in [5, 5.41) is 2.29. The number of sulfone groups is 1. The first-order valence-electron chi connectivity index (χ1n) is 7.35. The lowest BCUT2D eigenvalue weighted by molar-refractivity contribution is -0.123. The fraction of sp³-hybridized carbons (Fsp3) is 0.176. The summed E-state index contributed by atoms with van der Waals surface area (Å²) in [6, 6.07) is 7.83. The molecule has 0 saturated carbocycles. The van der Waals surface area contributed by atoms with Crippen molar-refractivity contribution in [3.8, 4) is 0 Å². The molecule has 0 aromatic heterocycles. The van der Waals surface area contributed by atoms with Gasteiger partial charge >= 0.3 is 5.97 Å². The first-order valence-corrected chi connectivity index (χ1v) is 9.24. The number of hydrogen-bond acceptors (Lipinski definition) is 5. The van der Waals surface area contributed by atoms with E-state index < -0.39 is 39.5 Å². The van der Waals surface area contributed by atoms with Crippen LogP contribution >= 0.6 is 0 Å². The SMILES string of the molecule is C[C@H](OC(=O)c1ccc(S(C)(=O)=O)cc1)C(=O)Nc1ccc(F)c(F)c1. The quantitative estimate of drug-likeness (QED) is 0.802. The monoisotopic (exact) mass is 383 g/mol. The van der Waals surface area contributed by atoms with Gasteiger partial charge in [0, 0.05) is 18.0 Å². The van der Waals surface area contributed by atoms with Crippen LogP contribution in [0.4, 0.5) is 14.5 Å². The fourth-order valence-electron chi connectivity index (χ4n) is 1.94. The largest absolute Gasteiger partial charge is 0.449 e. The lowest BCUT2D eigenvalue weighted by Crippen LogP contribution is -2.30. The number of hydrogen-bond donors (Lipinski definition) is 1. The second kappa shape index (κ2) is 7.61. The minimum Gasteiger partial charge on any atom is -0.449 e. The summed E-state index contributed by atoms with van der Waals surface area (Å²) in [5.74, 6) is -3.76. The second-order valence-corrected chi connectivity index (χ2v) is 7.48. The summed E-state index contributed by atoms with van der Waals surface area (Å²) in [5.41, 5.74) is 0.0687. The molecule has 0 fully saturated rings. The number of halogens is 2. The molecule has 2 rings (SSSR count). The van der Waals surface area contributed by atoms with Gasteiger partial charge < -0.3 is 10.1 Å². The molecule has 1 atom stereocenters. The Kier molecular flexibility index (Phi) is 5.71. The van der Waals surface area contributed by atoms with E-state index in [1.165, 1.54) is 31.2 Å². The fourth-order valence-corrected chi connectivity index (χ4v) is 2.57. The van der Waals surface area contributed by atoms with Crippen LogP contribution in [0, 0.1) is 11.6 Å². The van der Waals surface area contributed by atoms with Crippen molar-refractivity contribution in [1.29, 1.82) is 0 Å². The third-order valence-corrected chi connectivity index (χ3v) is 4.49. The number of nitrogens with one attached hydrogen (secondary N) is 1. The van der Waals surface area contributed by atoms with Crippen molar-refractivity contribution in [2.45, 2.75) is 17.9 Å². The van der Waals surface area contributed by atoms with Crippen LogP contribution < -0.4 is 5.32 Å². The molecule has 26 heavy (non-hydrogen) atoms. The van der Waals surface area contributed by atoms with Crippen LogP contribution in [0.15, 0.2) is 47.4 Å². The van der Waals surface area contributed by atoms with Gasteiger partial charge in [-0.1, -0.05) is 0 Å². The lowest BCUT2D eigenvalue weighted by Gasteiger charge is -2.14. The standard InChI is InChI=1S/C17H15F2NO5S/c1-10(16(21)20-12-5-8-14(18)15(19)9-12)25-17(22)11-3-6-13(7-4-11)26(2,23)24/h3-10H,1-2H3,(H,20,21)/t10-/m0/s1. The highest BCUT2D eigenvalue weighted by Crippen LogP contribution is 2.15. The van der Waals surface area contributed by atoms with E-state index in [1.54, 1.807) is 0 Å². The van der Waals surface area contributed by atoms with Crippen LogP contribution in [0.5, 0.6) is 0 Å². The number of carbonyl (C=O) groups excluding carboxylic acids is 2. The molecule has 2 aromatic carbocycles. The Balaban J connectivity index is 2.01. The van der Waals surface area contributed by atoms with Crippen molar-refractivity contribution in [3.63, 3.8) is 0 Å². The van der Waals surface area contributed by atoms with Crippen LogP contribution in [-0.4, -0.2) is 32.7 Å². The van der Waals surface area contributed by atoms with Crippen LogP contribution in [0.2, 0.25) is 0 Å². The van der Waals surface area contributed by atoms with Gasteiger partial charge in [0.05, 0.1) is 10.5 Å². The maximum Gasteiger partial charge on any atom is 0.338 e. The van der Waals surface area contributed by atoms with Crippen LogP contribution in [-0.2, 0) is 19.4 Å². The molecule has 0 spiro atoms. The molecule has 0 radical (unpaired) electrons. The molecule has 9 heteroatoms. The molecule has 1 N–H and O–H groups in total. The van der Waals surface area contributed by atoms with E-state index in [-0.39, 0.29) is 16.1 Å². The number of amides is 1. The van der Waals surface area contributed by atoms with Gasteiger partial charge in [0.1, 0.15) is 0 Å². The summed E-state index contributed by atoms with van der Waals surface area (Å²) in [6.45, 7) is 1.30. The van der Waals surface area contributed by atoms with E-state index in [0.717, 1.165) is 24.5 Å². The van der Waals surface area contributed by atoms with Crippen LogP contribution in [0.1, 0.15) is 17.3 Å². The highest BCUT2D eigenvalue weighted by molar-refractivity contribution is 7.90. The first kappa shape index (κ1) is 19.5. The Morgan fingerprint density at radius 3 is 2.19 bits per heavy atom. The Morgan fingerprint density at radius 2 is 1.65 bits per heavy atom. The predicted molar refractivity (Wildman–Crippen MR) is 89.4 cm³/mol. The number of benzene rings is 2. The second-order valence-electron chi connectivity index (χ2n) is 5.46. The molecule has 6 nitrogen and oxygen atoms in total. The Hall–Kier alpha value is -2.81. The molecule has 0 aliphatic rings. The van der Waals surface area contributed by atoms with Gasteiger partial charge in [-0.2, -0.15) is 0 Å². The van der Waals surface area contributed by atoms with E-state index in [4.69, 9.17) is 4.74 Å². The predicted octanol–water partition coefficient (Wildman–Crippen LogP) is 2.55. The van der Waals surface area contributed by atoms with Gasteiger partial charge in [0.25, 0.3) is 5.91 Å². The number of carbonyl (C=O) groups is 2. The highest BCUT2D eigenvalue weighted by atomic mass is 32.2. The Morgan fingerprint density at radius 1 is 1.04 bits per heavy atom. The van der Waals surface area contributed by atoms with Gasteiger partial charge in [-0.05, 0) is 43.3 Å². The number of ether oxygens (including phenoxy) is 1. The number of esters is 1. The smallest absolute Gasteiger partial charge is 0.338 e. The average Bonchev–Trinajstić information content (AvgIpc) is 2.57. The van der Waals surface area contributed by atoms with E-state index in [2.05, 4.69) is 5.32 Å². The lowest BCUT2D eigenvalue weighted by atomic mass is 10.2. The summed E-state index contributed by atoms with van der Waals surface area (Å²) in [4.78, 5) is 24.0. The van der Waals surface area contributed by atoms with Crippen molar-refractivity contribution in [2.75, 3.05) is 11.6 Å². The Labute approximate surface area is 148 Å². The molecule has 0 aliphatic heterocycles. The summed E-state index contributed by atoms with van der Waals surface area (Å²) < 4.78 is 53.7. The molecular weight excluding hydrogens is 368 g/mol. The van der Waals surface area contributed by atoms with Crippen LogP contribution in [0.3, 0.4) is 0 Å². The zero-order valence-electron chi connectivity index (χ0n) is 13.8. The van der Waals surface area contributed by atoms with Gasteiger partial charge in [0.15, 0.2) is 27.6 Å². The van der Waals surface area contributed by atoms with Crippen molar-refractivity contribution in [1.82, 2.24) is 0 Å². The summed E-state index contributed by atoms with van der Waals surface area (Å²) >= 11 is 0. The van der Waals surface area contributed by atoms with E-state index in [1.807, 2.05) is 0 Å². The maximum absolute atomic E-state index is 13.1. The molecule has 1 amide bonds. The molecule has 0 aliphatic carbocycles. The topological polar surface area (TPSA) is 89.5 Å². The van der Waals surface area contributed by atoms with Gasteiger partial charge in [-0.25, -0.2) is 22.0 Å². The average molecular weight is 383 g/mol. The number of anilines is 1. The molecule has 0 saturated heterocycles. The van der Waals surface area contributed by atoms with Gasteiger partial charge in [-0.15, -0.1) is 0 Å². The maximum atomic E-state index is 13.1. The van der Waals surface area contributed by atoms with Crippen molar-refractivity contribution < 1.29 is 31.5 Å². The third-order valence-electron chi connectivity index (χ3n) is 3.36. The number of rotatable bonds is 5. The zero-order chi connectivity index (χ0) is 19.5. The normalized spacial score (nSPS) is 12.3. The first-order chi connectivity index (χ1) is 12.1. The molecular formula is C17H15F2NO5S. The Bertz CT molecular complexity index is 942. The van der Waals surface area contributed by atoms with E-state index >= 15 is 0 Å². The van der Waals surface area contributed by atoms with E-state index in [0.29, 0.717) is 0 Å². The highest BCUT2D eigenvalue weighted by Gasteiger charge is 2.20. The van der Waals surface area contributed by atoms with Crippen molar-refractivity contribution in [2.24, 2.45) is 0 Å². The third kappa shape index (κ3) is 4.85. The zero-order valence-corrected chi connectivity index (χ0v) is 14.6. The van der Waals surface area contributed by atoms with Crippen molar-refractivity contribution >= 4 is 27.4 Å². The molecule has 138 valence electrons. The minimum absolute atomic E-state index is 0.00862. The van der Waals surface area contributed by atoms with E-state index in [9.17, 15) is 26.8 Å². The van der Waals surface area contributed by atoms with Gasteiger partial charge in [0.2, 0.25) is 0 Å². The minimum atomic E-state index is -3.40. The van der Waals surface area contributed by atoms with Crippen LogP contribution in [0.25, 0.3) is 0 Å².